The summed E-state index contributed by atoms with van der Waals surface area (Å²) in [7, 11) is 0. The molecule has 0 saturated carbocycles. The van der Waals surface area contributed by atoms with Crippen LogP contribution < -0.4 is 5.32 Å². The molecule has 24 heavy (non-hydrogen) atoms. The first-order valence-electron chi connectivity index (χ1n) is 7.91. The lowest BCUT2D eigenvalue weighted by atomic mass is 10.2. The average Bonchev–Trinajstić information content (AvgIpc) is 3.15. The minimum Gasteiger partial charge on any atom is -0.308 e. The zero-order valence-electron chi connectivity index (χ0n) is 14.1. The number of hydrogen-bond donors (Lipinski definition) is 1. The van der Waals surface area contributed by atoms with Gasteiger partial charge in [-0.2, -0.15) is 10.2 Å². The predicted molar refractivity (Wildman–Crippen MR) is 89.3 cm³/mol. The standard InChI is InChI=1S/C17H21FN6/c1-12(9-23-11-19-10-21-23)20-8-17-13(2)22-24(14(17)3)16-6-4-15(18)5-7-16/h4-7,10-12,20H,8-9H2,1-3H3. The van der Waals surface area contributed by atoms with Crippen LogP contribution in [0.5, 0.6) is 0 Å². The lowest BCUT2D eigenvalue weighted by Gasteiger charge is -2.14. The van der Waals surface area contributed by atoms with E-state index in [-0.39, 0.29) is 11.9 Å². The number of aryl methyl sites for hydroxylation is 1. The molecule has 0 amide bonds. The van der Waals surface area contributed by atoms with Crippen LogP contribution in [0.25, 0.3) is 5.69 Å². The van der Waals surface area contributed by atoms with E-state index < -0.39 is 0 Å². The molecule has 0 bridgehead atoms. The van der Waals surface area contributed by atoms with E-state index in [4.69, 9.17) is 0 Å². The first-order valence-corrected chi connectivity index (χ1v) is 7.91. The monoisotopic (exact) mass is 328 g/mol. The fourth-order valence-electron chi connectivity index (χ4n) is 2.71. The van der Waals surface area contributed by atoms with E-state index >= 15 is 0 Å². The SMILES string of the molecule is Cc1nn(-c2ccc(F)cc2)c(C)c1CNC(C)Cn1cncn1. The maximum absolute atomic E-state index is 13.1. The van der Waals surface area contributed by atoms with Gasteiger partial charge in [-0.15, -0.1) is 0 Å². The van der Waals surface area contributed by atoms with Crippen molar-refractivity contribution in [3.63, 3.8) is 0 Å². The molecule has 0 saturated heterocycles. The van der Waals surface area contributed by atoms with Crippen molar-refractivity contribution in [2.24, 2.45) is 0 Å². The molecule has 0 radical (unpaired) electrons. The van der Waals surface area contributed by atoms with Gasteiger partial charge >= 0.3 is 0 Å². The Morgan fingerprint density at radius 3 is 2.62 bits per heavy atom. The molecule has 1 unspecified atom stereocenters. The minimum atomic E-state index is -0.246. The van der Waals surface area contributed by atoms with Crippen LogP contribution in [0, 0.1) is 19.7 Å². The summed E-state index contributed by atoms with van der Waals surface area (Å²) in [6.07, 6.45) is 3.25. The molecule has 1 N–H and O–H groups in total. The van der Waals surface area contributed by atoms with Gasteiger partial charge < -0.3 is 5.32 Å². The van der Waals surface area contributed by atoms with Crippen molar-refractivity contribution in [1.29, 1.82) is 0 Å². The number of aromatic nitrogens is 5. The Balaban J connectivity index is 1.71. The fourth-order valence-corrected chi connectivity index (χ4v) is 2.71. The Morgan fingerprint density at radius 1 is 1.21 bits per heavy atom. The highest BCUT2D eigenvalue weighted by atomic mass is 19.1. The summed E-state index contributed by atoms with van der Waals surface area (Å²) in [5.41, 5.74) is 4.04. The van der Waals surface area contributed by atoms with Crippen LogP contribution >= 0.6 is 0 Å². The summed E-state index contributed by atoms with van der Waals surface area (Å²) in [6.45, 7) is 7.60. The second kappa shape index (κ2) is 6.92. The molecule has 1 aromatic carbocycles. The van der Waals surface area contributed by atoms with E-state index in [0.717, 1.165) is 29.2 Å². The number of nitrogens with zero attached hydrogens (tertiary/aromatic N) is 5. The first kappa shape index (κ1) is 16.3. The highest BCUT2D eigenvalue weighted by molar-refractivity contribution is 5.37. The molecule has 0 aliphatic heterocycles. The number of hydrogen-bond acceptors (Lipinski definition) is 4. The quantitative estimate of drug-likeness (QED) is 0.755. The molecular formula is C17H21FN6. The Kier molecular flexibility index (Phi) is 4.71. The molecule has 0 aliphatic rings. The van der Waals surface area contributed by atoms with Crippen LogP contribution in [0.1, 0.15) is 23.9 Å². The van der Waals surface area contributed by atoms with Gasteiger partial charge in [-0.05, 0) is 45.0 Å². The van der Waals surface area contributed by atoms with Gasteiger partial charge in [0.25, 0.3) is 0 Å². The molecule has 2 heterocycles. The van der Waals surface area contributed by atoms with Gasteiger partial charge in [0.1, 0.15) is 18.5 Å². The predicted octanol–water partition coefficient (Wildman–Crippen LogP) is 2.40. The molecule has 7 heteroatoms. The first-order chi connectivity index (χ1) is 11.5. The molecule has 3 aromatic rings. The number of nitrogens with one attached hydrogen (secondary N) is 1. The van der Waals surface area contributed by atoms with Crippen molar-refractivity contribution >= 4 is 0 Å². The summed E-state index contributed by atoms with van der Waals surface area (Å²) >= 11 is 0. The molecule has 0 aliphatic carbocycles. The lowest BCUT2D eigenvalue weighted by Crippen LogP contribution is -2.30. The van der Waals surface area contributed by atoms with E-state index in [1.165, 1.54) is 18.5 Å². The van der Waals surface area contributed by atoms with E-state index in [0.29, 0.717) is 6.54 Å². The number of rotatable bonds is 6. The Morgan fingerprint density at radius 2 is 1.96 bits per heavy atom. The van der Waals surface area contributed by atoms with E-state index in [1.54, 1.807) is 23.1 Å². The van der Waals surface area contributed by atoms with Crippen LogP contribution in [0.3, 0.4) is 0 Å². The molecule has 126 valence electrons. The molecule has 2 aromatic heterocycles. The summed E-state index contributed by atoms with van der Waals surface area (Å²) < 4.78 is 16.8. The van der Waals surface area contributed by atoms with Crippen molar-refractivity contribution in [2.75, 3.05) is 0 Å². The summed E-state index contributed by atoms with van der Waals surface area (Å²) in [6, 6.07) is 6.62. The van der Waals surface area contributed by atoms with Gasteiger partial charge in [0, 0.05) is 23.8 Å². The van der Waals surface area contributed by atoms with Crippen molar-refractivity contribution in [3.8, 4) is 5.69 Å². The second-order valence-electron chi connectivity index (χ2n) is 5.94. The third-order valence-corrected chi connectivity index (χ3v) is 4.07. The largest absolute Gasteiger partial charge is 0.308 e. The maximum atomic E-state index is 13.1. The van der Waals surface area contributed by atoms with Crippen LogP contribution in [-0.4, -0.2) is 30.6 Å². The lowest BCUT2D eigenvalue weighted by molar-refractivity contribution is 0.449. The molecule has 3 rings (SSSR count). The van der Waals surface area contributed by atoms with Gasteiger partial charge in [-0.3, -0.25) is 4.68 Å². The van der Waals surface area contributed by atoms with Gasteiger partial charge in [-0.25, -0.2) is 14.1 Å². The normalized spacial score (nSPS) is 12.5. The van der Waals surface area contributed by atoms with Crippen LogP contribution in [0.2, 0.25) is 0 Å². The topological polar surface area (TPSA) is 60.6 Å². The highest BCUT2D eigenvalue weighted by Gasteiger charge is 2.14. The van der Waals surface area contributed by atoms with Crippen molar-refractivity contribution in [2.45, 2.75) is 39.9 Å². The zero-order chi connectivity index (χ0) is 17.1. The average molecular weight is 328 g/mol. The molecule has 6 nitrogen and oxygen atoms in total. The van der Waals surface area contributed by atoms with E-state index in [9.17, 15) is 4.39 Å². The van der Waals surface area contributed by atoms with Crippen LogP contribution in [0.15, 0.2) is 36.9 Å². The maximum Gasteiger partial charge on any atom is 0.137 e. The van der Waals surface area contributed by atoms with E-state index in [2.05, 4.69) is 27.4 Å². The van der Waals surface area contributed by atoms with Crippen LogP contribution in [0.4, 0.5) is 4.39 Å². The zero-order valence-corrected chi connectivity index (χ0v) is 14.1. The summed E-state index contributed by atoms with van der Waals surface area (Å²) in [5, 5.41) is 12.2. The number of benzene rings is 1. The smallest absolute Gasteiger partial charge is 0.137 e. The van der Waals surface area contributed by atoms with E-state index in [1.807, 2.05) is 18.5 Å². The highest BCUT2D eigenvalue weighted by Crippen LogP contribution is 2.18. The third kappa shape index (κ3) is 3.51. The summed E-state index contributed by atoms with van der Waals surface area (Å²) in [4.78, 5) is 3.95. The fraction of sp³-hybridized carbons (Fsp3) is 0.353. The van der Waals surface area contributed by atoms with Crippen molar-refractivity contribution < 1.29 is 4.39 Å². The molecule has 0 spiro atoms. The van der Waals surface area contributed by atoms with Gasteiger partial charge in [-0.1, -0.05) is 0 Å². The van der Waals surface area contributed by atoms with Crippen LogP contribution in [-0.2, 0) is 13.1 Å². The second-order valence-corrected chi connectivity index (χ2v) is 5.94. The number of halogens is 1. The summed E-state index contributed by atoms with van der Waals surface area (Å²) in [5.74, 6) is -0.246. The molecule has 1 atom stereocenters. The van der Waals surface area contributed by atoms with Crippen molar-refractivity contribution in [3.05, 3.63) is 59.7 Å². The minimum absolute atomic E-state index is 0.246. The third-order valence-electron chi connectivity index (χ3n) is 4.07. The molecule has 0 fully saturated rings. The van der Waals surface area contributed by atoms with Gasteiger partial charge in [0.05, 0.1) is 17.9 Å². The Labute approximate surface area is 140 Å². The van der Waals surface area contributed by atoms with Gasteiger partial charge in [0.2, 0.25) is 0 Å². The molecular weight excluding hydrogens is 307 g/mol. The van der Waals surface area contributed by atoms with Gasteiger partial charge in [0.15, 0.2) is 0 Å². The van der Waals surface area contributed by atoms with Crippen molar-refractivity contribution in [1.82, 2.24) is 29.9 Å². The Bertz CT molecular complexity index is 791. The Hall–Kier alpha value is -2.54.